The summed E-state index contributed by atoms with van der Waals surface area (Å²) in [6.45, 7) is 2.42. The highest BCUT2D eigenvalue weighted by atomic mass is 16.6. The van der Waals surface area contributed by atoms with E-state index in [1.54, 1.807) is 17.1 Å². The summed E-state index contributed by atoms with van der Waals surface area (Å²) in [7, 11) is 0. The second-order valence-corrected chi connectivity index (χ2v) is 5.70. The predicted octanol–water partition coefficient (Wildman–Crippen LogP) is 2.03. The number of ketones is 1. The number of carbonyl (C=O) groups is 2. The van der Waals surface area contributed by atoms with Crippen molar-refractivity contribution in [2.24, 2.45) is 0 Å². The Kier molecular flexibility index (Phi) is 4.79. The van der Waals surface area contributed by atoms with Crippen molar-refractivity contribution in [2.75, 3.05) is 11.9 Å². The number of hydrogen-bond acceptors (Lipinski definition) is 5. The summed E-state index contributed by atoms with van der Waals surface area (Å²) < 4.78 is 13.2. The molecule has 0 saturated carbocycles. The van der Waals surface area contributed by atoms with E-state index < -0.39 is 0 Å². The van der Waals surface area contributed by atoms with Gasteiger partial charge in [-0.3, -0.25) is 9.48 Å². The molecule has 1 atom stereocenters. The maximum Gasteiger partial charge on any atom is 0.224 e. The minimum atomic E-state index is -0.198. The number of ether oxygens (including phenoxy) is 2. The number of anilines is 1. The van der Waals surface area contributed by atoms with Crippen molar-refractivity contribution in [3.8, 4) is 11.5 Å². The highest BCUT2D eigenvalue weighted by Gasteiger charge is 2.21. The Labute approximate surface area is 139 Å². The number of fused-ring (bicyclic) bond motifs is 1. The minimum absolute atomic E-state index is 0.00410. The van der Waals surface area contributed by atoms with Gasteiger partial charge in [0.05, 0.1) is 18.4 Å². The van der Waals surface area contributed by atoms with E-state index in [4.69, 9.17) is 9.47 Å². The van der Waals surface area contributed by atoms with Crippen LogP contribution in [0.15, 0.2) is 36.7 Å². The SMILES string of the molecule is CC(=O)CCC(=O)Nc1cnn(CC2COc3ccccc3O2)c1. The van der Waals surface area contributed by atoms with E-state index in [-0.39, 0.29) is 30.6 Å². The third-order valence-corrected chi connectivity index (χ3v) is 3.58. The van der Waals surface area contributed by atoms with Crippen LogP contribution in [0.3, 0.4) is 0 Å². The van der Waals surface area contributed by atoms with Gasteiger partial charge in [-0.1, -0.05) is 12.1 Å². The Morgan fingerprint density at radius 3 is 2.88 bits per heavy atom. The first kappa shape index (κ1) is 16.0. The average Bonchev–Trinajstić information content (AvgIpc) is 2.99. The monoisotopic (exact) mass is 329 g/mol. The fraction of sp³-hybridized carbons (Fsp3) is 0.353. The summed E-state index contributed by atoms with van der Waals surface area (Å²) in [6, 6.07) is 7.53. The van der Waals surface area contributed by atoms with Crippen molar-refractivity contribution in [1.82, 2.24) is 9.78 Å². The molecule has 7 heteroatoms. The van der Waals surface area contributed by atoms with Crippen molar-refractivity contribution in [3.05, 3.63) is 36.7 Å². The van der Waals surface area contributed by atoms with Gasteiger partial charge in [0.25, 0.3) is 0 Å². The molecule has 1 unspecified atom stereocenters. The summed E-state index contributed by atoms with van der Waals surface area (Å²) in [5, 5.41) is 6.94. The first-order valence-electron chi connectivity index (χ1n) is 7.80. The summed E-state index contributed by atoms with van der Waals surface area (Å²) in [5.41, 5.74) is 0.598. The van der Waals surface area contributed by atoms with Crippen molar-refractivity contribution in [2.45, 2.75) is 32.4 Å². The topological polar surface area (TPSA) is 82.5 Å². The van der Waals surface area contributed by atoms with Crippen LogP contribution in [0, 0.1) is 0 Å². The maximum atomic E-state index is 11.7. The molecule has 2 heterocycles. The molecule has 0 aliphatic carbocycles. The number of aromatic nitrogens is 2. The van der Waals surface area contributed by atoms with Gasteiger partial charge in [0, 0.05) is 19.0 Å². The molecule has 1 amide bonds. The first-order valence-corrected chi connectivity index (χ1v) is 7.80. The first-order chi connectivity index (χ1) is 11.6. The van der Waals surface area contributed by atoms with Crippen LogP contribution in [0.1, 0.15) is 19.8 Å². The van der Waals surface area contributed by atoms with Gasteiger partial charge < -0.3 is 19.6 Å². The van der Waals surface area contributed by atoms with Crippen molar-refractivity contribution >= 4 is 17.4 Å². The number of amides is 1. The third kappa shape index (κ3) is 4.13. The van der Waals surface area contributed by atoms with Crippen LogP contribution in [0.2, 0.25) is 0 Å². The van der Waals surface area contributed by atoms with Crippen molar-refractivity contribution in [3.63, 3.8) is 0 Å². The number of nitrogens with zero attached hydrogens (tertiary/aromatic N) is 2. The lowest BCUT2D eigenvalue weighted by Gasteiger charge is -2.26. The van der Waals surface area contributed by atoms with Gasteiger partial charge in [-0.25, -0.2) is 0 Å². The zero-order valence-electron chi connectivity index (χ0n) is 13.4. The smallest absolute Gasteiger partial charge is 0.224 e. The summed E-state index contributed by atoms with van der Waals surface area (Å²) >= 11 is 0. The second-order valence-electron chi connectivity index (χ2n) is 5.70. The van der Waals surface area contributed by atoms with E-state index >= 15 is 0 Å². The largest absolute Gasteiger partial charge is 0.486 e. The van der Waals surface area contributed by atoms with Crippen molar-refractivity contribution in [1.29, 1.82) is 0 Å². The second kappa shape index (κ2) is 7.16. The van der Waals surface area contributed by atoms with Gasteiger partial charge in [-0.15, -0.1) is 0 Å². The number of carbonyl (C=O) groups excluding carboxylic acids is 2. The molecule has 2 aromatic rings. The normalized spacial score (nSPS) is 15.8. The Morgan fingerprint density at radius 2 is 2.08 bits per heavy atom. The molecule has 24 heavy (non-hydrogen) atoms. The molecule has 126 valence electrons. The number of rotatable bonds is 6. The molecule has 1 aliphatic rings. The maximum absolute atomic E-state index is 11.7. The lowest BCUT2D eigenvalue weighted by Crippen LogP contribution is -2.33. The molecule has 0 bridgehead atoms. The van der Waals surface area contributed by atoms with Gasteiger partial charge in [0.15, 0.2) is 17.6 Å². The van der Waals surface area contributed by atoms with Crippen LogP contribution < -0.4 is 14.8 Å². The standard InChI is InChI=1S/C17H19N3O4/c1-12(21)6-7-17(22)19-13-8-18-20(9-13)10-14-11-23-15-4-2-3-5-16(15)24-14/h2-5,8-9,14H,6-7,10-11H2,1H3,(H,19,22). The van der Waals surface area contributed by atoms with E-state index in [1.807, 2.05) is 24.3 Å². The van der Waals surface area contributed by atoms with Gasteiger partial charge in [-0.05, 0) is 19.1 Å². The van der Waals surface area contributed by atoms with Crippen molar-refractivity contribution < 1.29 is 19.1 Å². The predicted molar refractivity (Wildman–Crippen MR) is 87.1 cm³/mol. The Hall–Kier alpha value is -2.83. The zero-order chi connectivity index (χ0) is 16.9. The van der Waals surface area contributed by atoms with Gasteiger partial charge in [-0.2, -0.15) is 5.10 Å². The summed E-state index contributed by atoms with van der Waals surface area (Å²) in [4.78, 5) is 22.6. The molecule has 7 nitrogen and oxygen atoms in total. The number of hydrogen-bond donors (Lipinski definition) is 1. The van der Waals surface area contributed by atoms with Crippen LogP contribution in [0.5, 0.6) is 11.5 Å². The zero-order valence-corrected chi connectivity index (χ0v) is 13.4. The highest BCUT2D eigenvalue weighted by molar-refractivity contribution is 5.92. The average molecular weight is 329 g/mol. The van der Waals surface area contributed by atoms with Crippen LogP contribution >= 0.6 is 0 Å². The Balaban J connectivity index is 1.53. The van der Waals surface area contributed by atoms with Crippen LogP contribution in [0.25, 0.3) is 0 Å². The Morgan fingerprint density at radius 1 is 1.29 bits per heavy atom. The molecule has 0 spiro atoms. The fourth-order valence-electron chi connectivity index (χ4n) is 2.40. The van der Waals surface area contributed by atoms with Gasteiger partial charge in [0.2, 0.25) is 5.91 Å². The molecular formula is C17H19N3O4. The quantitative estimate of drug-likeness (QED) is 0.877. The number of Topliss-reactive ketones (excluding diaryl/α,β-unsaturated/α-hetero) is 1. The summed E-state index contributed by atoms with van der Waals surface area (Å²) in [5.74, 6) is 1.26. The lowest BCUT2D eigenvalue weighted by atomic mass is 10.2. The van der Waals surface area contributed by atoms with Crippen LogP contribution in [-0.2, 0) is 16.1 Å². The fourth-order valence-corrected chi connectivity index (χ4v) is 2.40. The molecule has 1 aliphatic heterocycles. The van der Waals surface area contributed by atoms with E-state index in [2.05, 4.69) is 10.4 Å². The lowest BCUT2D eigenvalue weighted by molar-refractivity contribution is -0.121. The van der Waals surface area contributed by atoms with Crippen LogP contribution in [0.4, 0.5) is 5.69 Å². The van der Waals surface area contributed by atoms with E-state index in [1.165, 1.54) is 6.92 Å². The summed E-state index contributed by atoms with van der Waals surface area (Å²) in [6.07, 6.45) is 3.57. The molecule has 1 aromatic heterocycles. The third-order valence-electron chi connectivity index (χ3n) is 3.58. The van der Waals surface area contributed by atoms with Gasteiger partial charge >= 0.3 is 0 Å². The number of benzene rings is 1. The molecule has 3 rings (SSSR count). The molecule has 1 aromatic carbocycles. The highest BCUT2D eigenvalue weighted by Crippen LogP contribution is 2.31. The van der Waals surface area contributed by atoms with E-state index in [0.29, 0.717) is 18.8 Å². The minimum Gasteiger partial charge on any atom is -0.486 e. The molecule has 1 N–H and O–H groups in total. The Bertz CT molecular complexity index is 741. The molecular weight excluding hydrogens is 310 g/mol. The number of para-hydroxylation sites is 2. The van der Waals surface area contributed by atoms with E-state index in [9.17, 15) is 9.59 Å². The molecule has 0 saturated heterocycles. The van der Waals surface area contributed by atoms with E-state index in [0.717, 1.165) is 11.5 Å². The van der Waals surface area contributed by atoms with Gasteiger partial charge in [0.1, 0.15) is 12.4 Å². The molecule has 0 fully saturated rings. The van der Waals surface area contributed by atoms with Crippen LogP contribution in [-0.4, -0.2) is 34.2 Å². The molecule has 0 radical (unpaired) electrons. The number of nitrogens with one attached hydrogen (secondary N) is 1.